The van der Waals surface area contributed by atoms with Crippen LogP contribution >= 0.6 is 23.2 Å². The lowest BCUT2D eigenvalue weighted by atomic mass is 9.94. The van der Waals surface area contributed by atoms with Crippen molar-refractivity contribution in [3.8, 4) is 5.69 Å². The van der Waals surface area contributed by atoms with Crippen molar-refractivity contribution >= 4 is 34.8 Å². The Morgan fingerprint density at radius 3 is 2.31 bits per heavy atom. The van der Waals surface area contributed by atoms with E-state index in [9.17, 15) is 9.59 Å². The normalized spacial score (nSPS) is 17.3. The minimum Gasteiger partial charge on any atom is -0.365 e. The Labute approximate surface area is 196 Å². The molecule has 2 fully saturated rings. The summed E-state index contributed by atoms with van der Waals surface area (Å²) in [6, 6.07) is 16.8. The second-order valence-electron chi connectivity index (χ2n) is 8.27. The van der Waals surface area contributed by atoms with Crippen LogP contribution in [0.2, 0.25) is 10.0 Å². The molecule has 1 saturated carbocycles. The zero-order valence-electron chi connectivity index (χ0n) is 17.4. The van der Waals surface area contributed by atoms with Gasteiger partial charge in [0.2, 0.25) is 5.91 Å². The van der Waals surface area contributed by atoms with Gasteiger partial charge in [-0.05, 0) is 42.7 Å². The summed E-state index contributed by atoms with van der Waals surface area (Å²) >= 11 is 12.6. The number of para-hydroxylation sites is 1. The van der Waals surface area contributed by atoms with Gasteiger partial charge in [-0.25, -0.2) is 0 Å². The maximum atomic E-state index is 13.3. The molecule has 0 radical (unpaired) electrons. The zero-order valence-corrected chi connectivity index (χ0v) is 18.9. The highest BCUT2D eigenvalue weighted by Crippen LogP contribution is 2.50. The summed E-state index contributed by atoms with van der Waals surface area (Å²) < 4.78 is 1.30. The molecule has 0 N–H and O–H groups in total. The molecule has 32 heavy (non-hydrogen) atoms. The molecule has 0 bridgehead atoms. The molecule has 3 aromatic rings. The number of benzene rings is 2. The Morgan fingerprint density at radius 2 is 1.66 bits per heavy atom. The first kappa shape index (κ1) is 21.0. The van der Waals surface area contributed by atoms with Crippen LogP contribution in [0.25, 0.3) is 5.69 Å². The molecule has 2 heterocycles. The molecule has 2 aliphatic rings. The van der Waals surface area contributed by atoms with E-state index in [0.29, 0.717) is 42.6 Å². The van der Waals surface area contributed by atoms with Crippen molar-refractivity contribution < 1.29 is 4.79 Å². The summed E-state index contributed by atoms with van der Waals surface area (Å²) in [6.07, 6.45) is 3.32. The lowest BCUT2D eigenvalue weighted by Crippen LogP contribution is -2.52. The summed E-state index contributed by atoms with van der Waals surface area (Å²) in [5.41, 5.74) is 1.47. The van der Waals surface area contributed by atoms with Gasteiger partial charge in [0.05, 0.1) is 23.0 Å². The molecule has 0 atom stereocenters. The Kier molecular flexibility index (Phi) is 5.43. The van der Waals surface area contributed by atoms with Gasteiger partial charge in [-0.1, -0.05) is 53.5 Å². The molecule has 1 aliphatic carbocycles. The third-order valence-corrected chi connectivity index (χ3v) is 6.94. The SMILES string of the molecule is O=C(N1CCN(c2cnn(-c3ccccc3)c(=O)c2Cl)CC1)C1(c2cccc(Cl)c2)CC1. The molecule has 1 aromatic heterocycles. The molecule has 1 amide bonds. The monoisotopic (exact) mass is 468 g/mol. The van der Waals surface area contributed by atoms with Crippen molar-refractivity contribution in [1.82, 2.24) is 14.7 Å². The molecule has 1 saturated heterocycles. The van der Waals surface area contributed by atoms with E-state index in [1.807, 2.05) is 64.4 Å². The largest absolute Gasteiger partial charge is 0.365 e. The number of hydrogen-bond acceptors (Lipinski definition) is 4. The first-order valence-corrected chi connectivity index (χ1v) is 11.4. The van der Waals surface area contributed by atoms with E-state index in [4.69, 9.17) is 23.2 Å². The topological polar surface area (TPSA) is 58.4 Å². The number of hydrogen-bond donors (Lipinski definition) is 0. The smallest absolute Gasteiger partial charge is 0.292 e. The van der Waals surface area contributed by atoms with Gasteiger partial charge in [0, 0.05) is 31.2 Å². The van der Waals surface area contributed by atoms with Crippen molar-refractivity contribution in [2.75, 3.05) is 31.1 Å². The summed E-state index contributed by atoms with van der Waals surface area (Å²) in [5.74, 6) is 0.156. The Hall–Kier alpha value is -2.83. The van der Waals surface area contributed by atoms with Crippen molar-refractivity contribution in [3.05, 3.63) is 86.8 Å². The first-order chi connectivity index (χ1) is 15.5. The van der Waals surface area contributed by atoms with Crippen molar-refractivity contribution in [3.63, 3.8) is 0 Å². The number of piperazine rings is 1. The van der Waals surface area contributed by atoms with Crippen molar-refractivity contribution in [1.29, 1.82) is 0 Å². The molecular formula is C24H22Cl2N4O2. The lowest BCUT2D eigenvalue weighted by Gasteiger charge is -2.38. The number of carbonyl (C=O) groups is 1. The molecular weight excluding hydrogens is 447 g/mol. The lowest BCUT2D eigenvalue weighted by molar-refractivity contribution is -0.134. The predicted molar refractivity (Wildman–Crippen MR) is 126 cm³/mol. The quantitative estimate of drug-likeness (QED) is 0.582. The van der Waals surface area contributed by atoms with E-state index in [-0.39, 0.29) is 16.5 Å². The van der Waals surface area contributed by atoms with Crippen LogP contribution in [-0.4, -0.2) is 46.8 Å². The van der Waals surface area contributed by atoms with Crippen LogP contribution in [0.15, 0.2) is 65.6 Å². The third kappa shape index (κ3) is 3.67. The van der Waals surface area contributed by atoms with Gasteiger partial charge in [-0.15, -0.1) is 0 Å². The van der Waals surface area contributed by atoms with Crippen LogP contribution in [0.4, 0.5) is 5.69 Å². The van der Waals surface area contributed by atoms with Crippen LogP contribution in [0.1, 0.15) is 18.4 Å². The molecule has 164 valence electrons. The highest BCUT2D eigenvalue weighted by molar-refractivity contribution is 6.33. The van der Waals surface area contributed by atoms with Crippen LogP contribution < -0.4 is 10.5 Å². The Balaban J connectivity index is 1.31. The van der Waals surface area contributed by atoms with Crippen LogP contribution in [0, 0.1) is 0 Å². The van der Waals surface area contributed by atoms with E-state index >= 15 is 0 Å². The fraction of sp³-hybridized carbons (Fsp3) is 0.292. The third-order valence-electron chi connectivity index (χ3n) is 6.35. The summed E-state index contributed by atoms with van der Waals surface area (Å²) in [7, 11) is 0. The summed E-state index contributed by atoms with van der Waals surface area (Å²) in [4.78, 5) is 30.1. The minimum absolute atomic E-state index is 0.140. The van der Waals surface area contributed by atoms with Gasteiger partial charge in [-0.2, -0.15) is 9.78 Å². The molecule has 2 aromatic carbocycles. The van der Waals surface area contributed by atoms with E-state index in [1.54, 1.807) is 6.20 Å². The van der Waals surface area contributed by atoms with E-state index in [2.05, 4.69) is 5.10 Å². The van der Waals surface area contributed by atoms with Crippen molar-refractivity contribution in [2.45, 2.75) is 18.3 Å². The highest BCUT2D eigenvalue weighted by atomic mass is 35.5. The average molecular weight is 469 g/mol. The first-order valence-electron chi connectivity index (χ1n) is 10.6. The summed E-state index contributed by atoms with van der Waals surface area (Å²) in [5, 5.41) is 5.11. The minimum atomic E-state index is -0.442. The second-order valence-corrected chi connectivity index (χ2v) is 9.08. The average Bonchev–Trinajstić information content (AvgIpc) is 3.63. The Bertz CT molecular complexity index is 1220. The number of rotatable bonds is 4. The standard InChI is InChI=1S/C24H22Cl2N4O2/c25-18-6-4-5-17(15-18)24(9-10-24)23(32)29-13-11-28(12-14-29)20-16-27-30(22(31)21(20)26)19-7-2-1-3-8-19/h1-8,15-16H,9-14H2. The maximum absolute atomic E-state index is 13.3. The molecule has 8 heteroatoms. The second kappa shape index (κ2) is 8.26. The molecule has 0 spiro atoms. The van der Waals surface area contributed by atoms with E-state index in [1.165, 1.54) is 4.68 Å². The highest BCUT2D eigenvalue weighted by Gasteiger charge is 2.53. The van der Waals surface area contributed by atoms with Gasteiger partial charge in [-0.3, -0.25) is 9.59 Å². The predicted octanol–water partition coefficient (Wildman–Crippen LogP) is 3.92. The Morgan fingerprint density at radius 1 is 0.938 bits per heavy atom. The van der Waals surface area contributed by atoms with E-state index < -0.39 is 5.41 Å². The number of carbonyl (C=O) groups excluding carboxylic acids is 1. The van der Waals surface area contributed by atoms with Gasteiger partial charge >= 0.3 is 0 Å². The van der Waals surface area contributed by atoms with Gasteiger partial charge in [0.15, 0.2) is 0 Å². The molecule has 5 rings (SSSR count). The van der Waals surface area contributed by atoms with E-state index in [0.717, 1.165) is 18.4 Å². The zero-order chi connectivity index (χ0) is 22.3. The fourth-order valence-corrected chi connectivity index (χ4v) is 4.83. The van der Waals surface area contributed by atoms with Gasteiger partial charge in [0.25, 0.3) is 5.56 Å². The number of anilines is 1. The maximum Gasteiger partial charge on any atom is 0.292 e. The number of halogens is 2. The van der Waals surface area contributed by atoms with Gasteiger partial charge < -0.3 is 9.80 Å². The number of amides is 1. The van der Waals surface area contributed by atoms with Gasteiger partial charge in [0.1, 0.15) is 5.02 Å². The fourth-order valence-electron chi connectivity index (χ4n) is 4.39. The van der Waals surface area contributed by atoms with Crippen LogP contribution in [-0.2, 0) is 10.2 Å². The molecule has 1 aliphatic heterocycles. The number of nitrogens with zero attached hydrogens (tertiary/aromatic N) is 4. The van der Waals surface area contributed by atoms with Crippen molar-refractivity contribution in [2.24, 2.45) is 0 Å². The van der Waals surface area contributed by atoms with Crippen LogP contribution in [0.3, 0.4) is 0 Å². The molecule has 0 unspecified atom stereocenters. The van der Waals surface area contributed by atoms with Crippen LogP contribution in [0.5, 0.6) is 0 Å². The summed E-state index contributed by atoms with van der Waals surface area (Å²) in [6.45, 7) is 2.32. The molecule has 6 nitrogen and oxygen atoms in total. The number of aromatic nitrogens is 2.